The summed E-state index contributed by atoms with van der Waals surface area (Å²) in [6.45, 7) is 4.23. The highest BCUT2D eigenvalue weighted by Crippen LogP contribution is 2.27. The monoisotopic (exact) mass is 351 g/mol. The van der Waals surface area contributed by atoms with Crippen LogP contribution in [-0.2, 0) is 9.59 Å². The molecule has 134 valence electrons. The van der Waals surface area contributed by atoms with Crippen molar-refractivity contribution < 1.29 is 19.5 Å². The number of amides is 2. The summed E-state index contributed by atoms with van der Waals surface area (Å²) in [5, 5.41) is 13.6. The van der Waals surface area contributed by atoms with Gasteiger partial charge in [0.15, 0.2) is 0 Å². The normalized spacial score (nSPS) is 16.6. The fraction of sp³-hybridized carbons (Fsp3) is 0.250. The van der Waals surface area contributed by atoms with Gasteiger partial charge in [0.05, 0.1) is 11.9 Å². The van der Waals surface area contributed by atoms with E-state index >= 15 is 0 Å². The van der Waals surface area contributed by atoms with Crippen LogP contribution in [0.25, 0.3) is 0 Å². The molecule has 0 spiro atoms. The van der Waals surface area contributed by atoms with Gasteiger partial charge in [-0.15, -0.1) is 0 Å². The van der Waals surface area contributed by atoms with E-state index in [4.69, 9.17) is 0 Å². The van der Waals surface area contributed by atoms with Gasteiger partial charge in [0, 0.05) is 24.3 Å². The van der Waals surface area contributed by atoms with Gasteiger partial charge in [0.1, 0.15) is 0 Å². The molecule has 0 unspecified atom stereocenters. The number of aryl methyl sites for hydroxylation is 2. The van der Waals surface area contributed by atoms with Gasteiger partial charge in [0.25, 0.3) is 0 Å². The number of carbonyl (C=O) groups is 3. The van der Waals surface area contributed by atoms with Crippen molar-refractivity contribution in [3.8, 4) is 0 Å². The highest BCUT2D eigenvalue weighted by Gasteiger charge is 2.35. The minimum Gasteiger partial charge on any atom is -0.545 e. The van der Waals surface area contributed by atoms with E-state index in [1.165, 1.54) is 18.2 Å². The average Bonchev–Trinajstić information content (AvgIpc) is 2.96. The second kappa shape index (κ2) is 7.00. The molecule has 1 saturated heterocycles. The second-order valence-electron chi connectivity index (χ2n) is 6.61. The minimum atomic E-state index is -1.31. The number of hydrogen-bond acceptors (Lipinski definition) is 4. The summed E-state index contributed by atoms with van der Waals surface area (Å²) in [7, 11) is 0. The van der Waals surface area contributed by atoms with Crippen LogP contribution in [0.15, 0.2) is 42.5 Å². The number of nitrogens with one attached hydrogen (secondary N) is 1. The van der Waals surface area contributed by atoms with E-state index < -0.39 is 11.9 Å². The lowest BCUT2D eigenvalue weighted by Crippen LogP contribution is -2.28. The Morgan fingerprint density at radius 3 is 2.46 bits per heavy atom. The van der Waals surface area contributed by atoms with E-state index in [9.17, 15) is 19.5 Å². The molecule has 1 aliphatic rings. The molecule has 6 nitrogen and oxygen atoms in total. The zero-order valence-corrected chi connectivity index (χ0v) is 14.6. The summed E-state index contributed by atoms with van der Waals surface area (Å²) >= 11 is 0. The maximum Gasteiger partial charge on any atom is 0.229 e. The van der Waals surface area contributed by atoms with Gasteiger partial charge in [-0.1, -0.05) is 18.2 Å². The number of aromatic carboxylic acids is 1. The summed E-state index contributed by atoms with van der Waals surface area (Å²) < 4.78 is 0. The number of carboxylic acid groups (broad SMARTS) is 1. The Labute approximate surface area is 151 Å². The Morgan fingerprint density at radius 2 is 1.81 bits per heavy atom. The van der Waals surface area contributed by atoms with Gasteiger partial charge < -0.3 is 20.1 Å². The van der Waals surface area contributed by atoms with Crippen molar-refractivity contribution in [3.05, 3.63) is 59.2 Å². The van der Waals surface area contributed by atoms with E-state index in [1.807, 2.05) is 32.0 Å². The molecule has 1 N–H and O–H groups in total. The summed E-state index contributed by atoms with van der Waals surface area (Å²) in [6, 6.07) is 11.7. The van der Waals surface area contributed by atoms with Crippen molar-refractivity contribution in [2.75, 3.05) is 16.8 Å². The number of benzene rings is 2. The van der Waals surface area contributed by atoms with Crippen molar-refractivity contribution in [2.45, 2.75) is 20.3 Å². The second-order valence-corrected chi connectivity index (χ2v) is 6.61. The molecule has 0 aliphatic carbocycles. The predicted molar refractivity (Wildman–Crippen MR) is 95.8 cm³/mol. The van der Waals surface area contributed by atoms with E-state index in [0.29, 0.717) is 12.2 Å². The maximum absolute atomic E-state index is 12.5. The largest absolute Gasteiger partial charge is 0.545 e. The molecule has 2 amide bonds. The molecule has 1 atom stereocenters. The van der Waals surface area contributed by atoms with Gasteiger partial charge in [-0.2, -0.15) is 0 Å². The average molecular weight is 351 g/mol. The Kier molecular flexibility index (Phi) is 4.75. The molecule has 2 aromatic rings. The molecule has 0 bridgehead atoms. The summed E-state index contributed by atoms with van der Waals surface area (Å²) in [5.41, 5.74) is 3.26. The summed E-state index contributed by atoms with van der Waals surface area (Å²) in [4.78, 5) is 37.4. The minimum absolute atomic E-state index is 0.0119. The zero-order chi connectivity index (χ0) is 18.8. The van der Waals surface area contributed by atoms with Crippen LogP contribution in [-0.4, -0.2) is 24.3 Å². The fourth-order valence-corrected chi connectivity index (χ4v) is 3.21. The van der Waals surface area contributed by atoms with Gasteiger partial charge in [-0.05, 0) is 54.8 Å². The van der Waals surface area contributed by atoms with Crippen LogP contribution in [0.5, 0.6) is 0 Å². The highest BCUT2D eigenvalue weighted by molar-refractivity contribution is 6.03. The molecule has 0 radical (unpaired) electrons. The lowest BCUT2D eigenvalue weighted by Gasteiger charge is -2.18. The van der Waals surface area contributed by atoms with E-state index in [2.05, 4.69) is 5.32 Å². The van der Waals surface area contributed by atoms with Crippen LogP contribution < -0.4 is 15.3 Å². The van der Waals surface area contributed by atoms with Crippen LogP contribution in [0.3, 0.4) is 0 Å². The molecule has 0 saturated carbocycles. The Hall–Kier alpha value is -3.15. The van der Waals surface area contributed by atoms with Gasteiger partial charge in [0.2, 0.25) is 11.8 Å². The van der Waals surface area contributed by atoms with Crippen LogP contribution in [0.2, 0.25) is 0 Å². The maximum atomic E-state index is 12.5. The van der Waals surface area contributed by atoms with Crippen molar-refractivity contribution in [2.24, 2.45) is 5.92 Å². The van der Waals surface area contributed by atoms with Gasteiger partial charge >= 0.3 is 0 Å². The molecule has 6 heteroatoms. The van der Waals surface area contributed by atoms with Crippen LogP contribution >= 0.6 is 0 Å². The number of carboxylic acids is 1. The number of hydrogen-bond donors (Lipinski definition) is 1. The third-order valence-electron chi connectivity index (χ3n) is 4.38. The smallest absolute Gasteiger partial charge is 0.229 e. The molecule has 3 rings (SSSR count). The van der Waals surface area contributed by atoms with E-state index in [1.54, 1.807) is 11.0 Å². The quantitative estimate of drug-likeness (QED) is 0.907. The Morgan fingerprint density at radius 1 is 1.12 bits per heavy atom. The van der Waals surface area contributed by atoms with Gasteiger partial charge in [-0.25, -0.2) is 0 Å². The number of nitrogens with zero attached hydrogens (tertiary/aromatic N) is 1. The topological polar surface area (TPSA) is 89.5 Å². The number of anilines is 2. The van der Waals surface area contributed by atoms with Crippen molar-refractivity contribution in [1.29, 1.82) is 0 Å². The van der Waals surface area contributed by atoms with Gasteiger partial charge in [-0.3, -0.25) is 9.59 Å². The SMILES string of the molecule is Cc1cc(C)cc(N2C[C@@H](C(=O)Nc3cccc(C(=O)[O-])c3)CC2=O)c1. The molecule has 1 heterocycles. The number of carbonyl (C=O) groups excluding carboxylic acids is 3. The Balaban J connectivity index is 1.73. The fourth-order valence-electron chi connectivity index (χ4n) is 3.21. The molecule has 1 aliphatic heterocycles. The predicted octanol–water partition coefficient (Wildman–Crippen LogP) is 1.66. The molecule has 26 heavy (non-hydrogen) atoms. The first kappa shape index (κ1) is 17.7. The van der Waals surface area contributed by atoms with Crippen molar-refractivity contribution in [1.82, 2.24) is 0 Å². The molecule has 0 aromatic heterocycles. The first-order valence-electron chi connectivity index (χ1n) is 8.34. The summed E-state index contributed by atoms with van der Waals surface area (Å²) in [6.07, 6.45) is 0.124. The first-order valence-corrected chi connectivity index (χ1v) is 8.34. The zero-order valence-electron chi connectivity index (χ0n) is 14.6. The first-order chi connectivity index (χ1) is 12.3. The lowest BCUT2D eigenvalue weighted by molar-refractivity contribution is -0.255. The van der Waals surface area contributed by atoms with Crippen LogP contribution in [0.4, 0.5) is 11.4 Å². The standard InChI is InChI=1S/C20H20N2O4/c1-12-6-13(2)8-17(7-12)22-11-15(10-18(22)23)19(24)21-16-5-3-4-14(9-16)20(25)26/h3-9,15H,10-11H2,1-2H3,(H,21,24)(H,25,26)/p-1/t15-/m0/s1. The van der Waals surface area contributed by atoms with Crippen LogP contribution in [0.1, 0.15) is 27.9 Å². The number of rotatable bonds is 4. The van der Waals surface area contributed by atoms with Crippen molar-refractivity contribution >= 4 is 29.2 Å². The molecular weight excluding hydrogens is 332 g/mol. The third-order valence-corrected chi connectivity index (χ3v) is 4.38. The molecule has 2 aromatic carbocycles. The van der Waals surface area contributed by atoms with E-state index in [-0.39, 0.29) is 23.8 Å². The summed E-state index contributed by atoms with van der Waals surface area (Å²) in [5.74, 6) is -2.20. The molecular formula is C20H19N2O4-. The lowest BCUT2D eigenvalue weighted by atomic mass is 10.1. The van der Waals surface area contributed by atoms with Crippen molar-refractivity contribution in [3.63, 3.8) is 0 Å². The highest BCUT2D eigenvalue weighted by atomic mass is 16.4. The third kappa shape index (κ3) is 3.74. The van der Waals surface area contributed by atoms with E-state index in [0.717, 1.165) is 16.8 Å². The Bertz CT molecular complexity index is 871. The molecule has 1 fully saturated rings. The van der Waals surface area contributed by atoms with Crippen LogP contribution in [0, 0.1) is 19.8 Å².